The number of carbonyl (C=O) groups excluding carboxylic acids is 1. The van der Waals surface area contributed by atoms with E-state index in [0.717, 1.165) is 39.7 Å². The first-order valence-corrected chi connectivity index (χ1v) is 10.00. The van der Waals surface area contributed by atoms with Crippen molar-refractivity contribution in [3.05, 3.63) is 82.7 Å². The van der Waals surface area contributed by atoms with E-state index in [2.05, 4.69) is 9.72 Å². The third-order valence-corrected chi connectivity index (χ3v) is 5.52. The number of benzene rings is 2. The van der Waals surface area contributed by atoms with Gasteiger partial charge in [0, 0.05) is 31.0 Å². The highest BCUT2D eigenvalue weighted by Gasteiger charge is 2.33. The van der Waals surface area contributed by atoms with Gasteiger partial charge >= 0.3 is 6.36 Å². The molecule has 1 aliphatic rings. The third kappa shape index (κ3) is 4.66. The second-order valence-corrected chi connectivity index (χ2v) is 7.78. The van der Waals surface area contributed by atoms with Crippen LogP contribution in [-0.4, -0.2) is 27.6 Å². The van der Waals surface area contributed by atoms with Gasteiger partial charge in [-0.15, -0.1) is 13.2 Å². The molecular weight excluding hydrogens is 421 g/mol. The Balaban J connectivity index is 1.57. The van der Waals surface area contributed by atoms with E-state index in [9.17, 15) is 23.1 Å². The average molecular weight is 442 g/mol. The number of ether oxygens (including phenoxy) is 1. The predicted octanol–water partition coefficient (Wildman–Crippen LogP) is 4.70. The van der Waals surface area contributed by atoms with Gasteiger partial charge in [-0.1, -0.05) is 18.2 Å². The summed E-state index contributed by atoms with van der Waals surface area (Å²) in [6, 6.07) is 11.1. The summed E-state index contributed by atoms with van der Waals surface area (Å²) < 4.78 is 41.0. The molecule has 1 aromatic heterocycles. The van der Waals surface area contributed by atoms with Gasteiger partial charge < -0.3 is 14.6 Å². The van der Waals surface area contributed by atoms with Gasteiger partial charge in [-0.2, -0.15) is 0 Å². The zero-order chi connectivity index (χ0) is 22.9. The molecule has 1 N–H and O–H groups in total. The lowest BCUT2D eigenvalue weighted by Gasteiger charge is -2.21. The Morgan fingerprint density at radius 1 is 1.12 bits per heavy atom. The number of alkyl halides is 3. The minimum atomic E-state index is -4.73. The number of fused-ring (bicyclic) bond motifs is 1. The Labute approximate surface area is 183 Å². The molecule has 2 aromatic carbocycles. The van der Waals surface area contributed by atoms with Crippen LogP contribution in [-0.2, 0) is 24.5 Å². The minimum absolute atomic E-state index is 0.0987. The number of halogens is 3. The number of aromatic nitrogens is 1. The van der Waals surface area contributed by atoms with Crippen molar-refractivity contribution in [1.82, 2.24) is 9.88 Å². The fourth-order valence-electron chi connectivity index (χ4n) is 4.16. The number of rotatable bonds is 6. The van der Waals surface area contributed by atoms with E-state index in [1.165, 1.54) is 12.1 Å². The molecule has 0 saturated carbocycles. The van der Waals surface area contributed by atoms with Gasteiger partial charge in [-0.3, -0.25) is 9.88 Å². The van der Waals surface area contributed by atoms with Crippen molar-refractivity contribution in [2.24, 2.45) is 0 Å². The predicted molar refractivity (Wildman–Crippen MR) is 112 cm³/mol. The number of aryl methyl sites for hydroxylation is 1. The molecule has 1 unspecified atom stereocenters. The molecule has 4 rings (SSSR count). The second kappa shape index (κ2) is 8.72. The van der Waals surface area contributed by atoms with Crippen LogP contribution in [0, 0.1) is 6.92 Å². The van der Waals surface area contributed by atoms with Crippen LogP contribution >= 0.6 is 0 Å². The van der Waals surface area contributed by atoms with Gasteiger partial charge in [-0.25, -0.2) is 0 Å². The molecule has 1 aliphatic heterocycles. The summed E-state index contributed by atoms with van der Waals surface area (Å²) in [5.41, 5.74) is 6.26. The van der Waals surface area contributed by atoms with Gasteiger partial charge in [0.05, 0.1) is 12.6 Å². The van der Waals surface area contributed by atoms with Gasteiger partial charge in [0.1, 0.15) is 12.0 Å². The molecule has 5 nitrogen and oxygen atoms in total. The van der Waals surface area contributed by atoms with E-state index in [1.807, 2.05) is 30.0 Å². The topological polar surface area (TPSA) is 62.7 Å². The Hall–Kier alpha value is -3.23. The van der Waals surface area contributed by atoms with Crippen LogP contribution < -0.4 is 4.74 Å². The smallest absolute Gasteiger partial charge is 0.406 e. The molecule has 0 bridgehead atoms. The standard InChI is InChI=1S/C24H21F3N2O3/c1-15-6-18(19-7-17(13-30)9-28-10-19)8-20-12-29(22(14-31)23(15)20)11-16-2-4-21(5-3-16)32-24(25,26)27/h2-10,14,22,30H,11-13H2,1H3. The van der Waals surface area contributed by atoms with Crippen molar-refractivity contribution in [1.29, 1.82) is 0 Å². The molecule has 3 aromatic rings. The van der Waals surface area contributed by atoms with Crippen LogP contribution in [0.1, 0.15) is 33.9 Å². The Morgan fingerprint density at radius 2 is 1.88 bits per heavy atom. The highest BCUT2D eigenvalue weighted by molar-refractivity contribution is 5.71. The summed E-state index contributed by atoms with van der Waals surface area (Å²) in [4.78, 5) is 18.1. The number of hydrogen-bond acceptors (Lipinski definition) is 5. The lowest BCUT2D eigenvalue weighted by Crippen LogP contribution is -2.23. The van der Waals surface area contributed by atoms with Crippen LogP contribution in [0.2, 0.25) is 0 Å². The van der Waals surface area contributed by atoms with Crippen LogP contribution in [0.4, 0.5) is 13.2 Å². The first kappa shape index (κ1) is 22.0. The largest absolute Gasteiger partial charge is 0.573 e. The highest BCUT2D eigenvalue weighted by Crippen LogP contribution is 2.38. The van der Waals surface area contributed by atoms with Gasteiger partial charge in [0.25, 0.3) is 0 Å². The summed E-state index contributed by atoms with van der Waals surface area (Å²) in [5.74, 6) is -0.280. The molecule has 32 heavy (non-hydrogen) atoms. The van der Waals surface area contributed by atoms with E-state index in [4.69, 9.17) is 0 Å². The van der Waals surface area contributed by atoms with E-state index in [-0.39, 0.29) is 12.4 Å². The fourth-order valence-corrected chi connectivity index (χ4v) is 4.16. The number of pyridine rings is 1. The van der Waals surface area contributed by atoms with Gasteiger partial charge in [0.2, 0.25) is 0 Å². The molecule has 1 atom stereocenters. The van der Waals surface area contributed by atoms with Gasteiger partial charge in [0.15, 0.2) is 0 Å². The molecular formula is C24H21F3N2O3. The quantitative estimate of drug-likeness (QED) is 0.561. The molecule has 166 valence electrons. The molecule has 0 saturated heterocycles. The minimum Gasteiger partial charge on any atom is -0.406 e. The average Bonchev–Trinajstić information content (AvgIpc) is 3.11. The van der Waals surface area contributed by atoms with Crippen LogP contribution in [0.15, 0.2) is 54.9 Å². The van der Waals surface area contributed by atoms with E-state index < -0.39 is 12.4 Å². The first-order chi connectivity index (χ1) is 15.3. The van der Waals surface area contributed by atoms with Crippen molar-refractivity contribution in [3.8, 4) is 16.9 Å². The molecule has 0 spiro atoms. The number of aldehydes is 1. The fraction of sp³-hybridized carbons (Fsp3) is 0.250. The second-order valence-electron chi connectivity index (χ2n) is 7.78. The number of nitrogens with zero attached hydrogens (tertiary/aromatic N) is 2. The Kier molecular flexibility index (Phi) is 5.99. The van der Waals surface area contributed by atoms with E-state index in [0.29, 0.717) is 18.7 Å². The lowest BCUT2D eigenvalue weighted by atomic mass is 9.94. The number of hydrogen-bond donors (Lipinski definition) is 1. The van der Waals surface area contributed by atoms with Crippen molar-refractivity contribution >= 4 is 6.29 Å². The van der Waals surface area contributed by atoms with Crippen LogP contribution in [0.25, 0.3) is 11.1 Å². The molecule has 0 fully saturated rings. The summed E-state index contributed by atoms with van der Waals surface area (Å²) >= 11 is 0. The maximum absolute atomic E-state index is 12.4. The maximum atomic E-state index is 12.4. The summed E-state index contributed by atoms with van der Waals surface area (Å²) in [7, 11) is 0. The van der Waals surface area contributed by atoms with Gasteiger partial charge in [-0.05, 0) is 64.6 Å². The normalized spacial score (nSPS) is 16.1. The molecule has 8 heteroatoms. The van der Waals surface area contributed by atoms with Crippen molar-refractivity contribution in [2.75, 3.05) is 0 Å². The van der Waals surface area contributed by atoms with E-state index in [1.54, 1.807) is 24.5 Å². The lowest BCUT2D eigenvalue weighted by molar-refractivity contribution is -0.274. The molecule has 0 amide bonds. The van der Waals surface area contributed by atoms with Crippen molar-refractivity contribution in [3.63, 3.8) is 0 Å². The zero-order valence-corrected chi connectivity index (χ0v) is 17.3. The Morgan fingerprint density at radius 3 is 2.53 bits per heavy atom. The first-order valence-electron chi connectivity index (χ1n) is 10.00. The number of carbonyl (C=O) groups is 1. The number of aliphatic hydroxyl groups is 1. The molecule has 0 aliphatic carbocycles. The zero-order valence-electron chi connectivity index (χ0n) is 17.3. The summed E-state index contributed by atoms with van der Waals surface area (Å²) in [6.45, 7) is 2.79. The molecule has 2 heterocycles. The van der Waals surface area contributed by atoms with Crippen LogP contribution in [0.5, 0.6) is 5.75 Å². The number of aliphatic hydroxyl groups excluding tert-OH is 1. The molecule has 0 radical (unpaired) electrons. The third-order valence-electron chi connectivity index (χ3n) is 5.52. The van der Waals surface area contributed by atoms with Crippen LogP contribution in [0.3, 0.4) is 0 Å². The summed E-state index contributed by atoms with van der Waals surface area (Å²) in [6.07, 6.45) is -0.497. The summed E-state index contributed by atoms with van der Waals surface area (Å²) in [5, 5.41) is 9.38. The maximum Gasteiger partial charge on any atom is 0.573 e. The highest BCUT2D eigenvalue weighted by atomic mass is 19.4. The monoisotopic (exact) mass is 442 g/mol. The Bertz CT molecular complexity index is 1130. The van der Waals surface area contributed by atoms with E-state index >= 15 is 0 Å². The van der Waals surface area contributed by atoms with Crippen molar-refractivity contribution in [2.45, 2.75) is 39.0 Å². The SMILES string of the molecule is Cc1cc(-c2cncc(CO)c2)cc2c1C(C=O)N(Cc1ccc(OC(F)(F)F)cc1)C2. The van der Waals surface area contributed by atoms with Crippen molar-refractivity contribution < 1.29 is 27.8 Å².